The minimum absolute atomic E-state index is 0.110. The van der Waals surface area contributed by atoms with Gasteiger partial charge in [0, 0.05) is 26.7 Å². The van der Waals surface area contributed by atoms with Gasteiger partial charge in [0.25, 0.3) is 0 Å². The summed E-state index contributed by atoms with van der Waals surface area (Å²) in [5.74, 6) is 0.678. The maximum Gasteiger partial charge on any atom is 0.238 e. The van der Waals surface area contributed by atoms with Crippen LogP contribution in [-0.2, 0) is 9.53 Å². The van der Waals surface area contributed by atoms with Crippen molar-refractivity contribution in [1.82, 2.24) is 10.2 Å². The molecule has 0 saturated carbocycles. The summed E-state index contributed by atoms with van der Waals surface area (Å²) in [7, 11) is 3.59. The fraction of sp³-hybridized carbons (Fsp3) is 0.923. The molecule has 1 saturated heterocycles. The number of rotatable bonds is 4. The van der Waals surface area contributed by atoms with Crippen LogP contribution in [0.4, 0.5) is 0 Å². The Morgan fingerprint density at radius 1 is 1.35 bits per heavy atom. The smallest absolute Gasteiger partial charge is 0.238 e. The fourth-order valence-electron chi connectivity index (χ4n) is 2.26. The van der Waals surface area contributed by atoms with Crippen molar-refractivity contribution in [3.8, 4) is 0 Å². The minimum Gasteiger partial charge on any atom is -0.378 e. The van der Waals surface area contributed by atoms with Crippen LogP contribution in [0.5, 0.6) is 0 Å². The van der Waals surface area contributed by atoms with Gasteiger partial charge in [0.2, 0.25) is 5.91 Å². The third-order valence-electron chi connectivity index (χ3n) is 3.36. The average Bonchev–Trinajstić information content (AvgIpc) is 2.28. The molecule has 0 aromatic heterocycles. The number of likely N-dealkylation sites (N-methyl/N-ethyl adjacent to an activating group) is 1. The standard InChI is InChI=1S/C13H26N2O2/c1-9(2)12-8-11(6-7-17-12)14-10(3)13(16)15(4)5/h9-12,14H,6-8H2,1-5H3. The lowest BCUT2D eigenvalue weighted by Gasteiger charge is -2.34. The molecule has 0 radical (unpaired) electrons. The SMILES string of the molecule is CC(NC1CCOC(C(C)C)C1)C(=O)N(C)C. The van der Waals surface area contributed by atoms with Gasteiger partial charge in [0.05, 0.1) is 12.1 Å². The van der Waals surface area contributed by atoms with Gasteiger partial charge in [0.1, 0.15) is 0 Å². The van der Waals surface area contributed by atoms with Crippen LogP contribution in [0.25, 0.3) is 0 Å². The molecule has 1 heterocycles. The summed E-state index contributed by atoms with van der Waals surface area (Å²) in [6.07, 6.45) is 2.32. The second-order valence-corrected chi connectivity index (χ2v) is 5.50. The lowest BCUT2D eigenvalue weighted by Crippen LogP contribution is -2.49. The quantitative estimate of drug-likeness (QED) is 0.807. The molecule has 17 heavy (non-hydrogen) atoms. The van der Waals surface area contributed by atoms with Crippen LogP contribution in [-0.4, -0.2) is 49.7 Å². The molecule has 1 N–H and O–H groups in total. The first-order valence-electron chi connectivity index (χ1n) is 6.50. The first-order chi connectivity index (χ1) is 7.91. The summed E-state index contributed by atoms with van der Waals surface area (Å²) in [4.78, 5) is 13.4. The molecule has 1 fully saturated rings. The van der Waals surface area contributed by atoms with E-state index in [1.807, 2.05) is 6.92 Å². The lowest BCUT2D eigenvalue weighted by atomic mass is 9.95. The Balaban J connectivity index is 2.43. The van der Waals surface area contributed by atoms with Gasteiger partial charge >= 0.3 is 0 Å². The highest BCUT2D eigenvalue weighted by Gasteiger charge is 2.27. The normalized spacial score (nSPS) is 26.9. The Morgan fingerprint density at radius 2 is 2.00 bits per heavy atom. The van der Waals surface area contributed by atoms with Gasteiger partial charge in [-0.25, -0.2) is 0 Å². The molecule has 1 amide bonds. The zero-order chi connectivity index (χ0) is 13.0. The zero-order valence-corrected chi connectivity index (χ0v) is 11.7. The van der Waals surface area contributed by atoms with E-state index in [0.29, 0.717) is 18.1 Å². The second kappa shape index (κ2) is 6.36. The summed E-state index contributed by atoms with van der Waals surface area (Å²) in [6.45, 7) is 7.09. The molecule has 1 rings (SSSR count). The van der Waals surface area contributed by atoms with Crippen molar-refractivity contribution in [1.29, 1.82) is 0 Å². The number of amides is 1. The van der Waals surface area contributed by atoms with Crippen molar-refractivity contribution < 1.29 is 9.53 Å². The van der Waals surface area contributed by atoms with E-state index in [2.05, 4.69) is 19.2 Å². The van der Waals surface area contributed by atoms with Crippen molar-refractivity contribution >= 4 is 5.91 Å². The number of carbonyl (C=O) groups excluding carboxylic acids is 1. The number of hydrogen-bond acceptors (Lipinski definition) is 3. The summed E-state index contributed by atoms with van der Waals surface area (Å²) >= 11 is 0. The maximum atomic E-state index is 11.8. The minimum atomic E-state index is -0.110. The molecule has 3 atom stereocenters. The first kappa shape index (κ1) is 14.5. The van der Waals surface area contributed by atoms with Gasteiger partial charge in [0.15, 0.2) is 0 Å². The van der Waals surface area contributed by atoms with E-state index in [1.165, 1.54) is 0 Å². The predicted molar refractivity (Wildman–Crippen MR) is 68.9 cm³/mol. The van der Waals surface area contributed by atoms with Crippen LogP contribution < -0.4 is 5.32 Å². The van der Waals surface area contributed by atoms with Gasteiger partial charge in [-0.05, 0) is 25.7 Å². The molecule has 4 heteroatoms. The van der Waals surface area contributed by atoms with Crippen molar-refractivity contribution in [3.05, 3.63) is 0 Å². The average molecular weight is 242 g/mol. The lowest BCUT2D eigenvalue weighted by molar-refractivity contribution is -0.131. The van der Waals surface area contributed by atoms with E-state index in [4.69, 9.17) is 4.74 Å². The van der Waals surface area contributed by atoms with E-state index in [0.717, 1.165) is 19.4 Å². The Bertz CT molecular complexity index is 254. The van der Waals surface area contributed by atoms with Crippen LogP contribution in [0.3, 0.4) is 0 Å². The van der Waals surface area contributed by atoms with Gasteiger partial charge < -0.3 is 15.0 Å². The first-order valence-corrected chi connectivity index (χ1v) is 6.50. The molecule has 0 bridgehead atoms. The summed E-state index contributed by atoms with van der Waals surface area (Å²) < 4.78 is 5.72. The third-order valence-corrected chi connectivity index (χ3v) is 3.36. The number of nitrogens with zero attached hydrogens (tertiary/aromatic N) is 1. The largest absolute Gasteiger partial charge is 0.378 e. The summed E-state index contributed by atoms with van der Waals surface area (Å²) in [6, 6.07) is 0.288. The maximum absolute atomic E-state index is 11.8. The Labute approximate surface area is 105 Å². The number of ether oxygens (including phenoxy) is 1. The van der Waals surface area contributed by atoms with Crippen LogP contribution in [0.15, 0.2) is 0 Å². The number of carbonyl (C=O) groups is 1. The summed E-state index contributed by atoms with van der Waals surface area (Å²) in [5.41, 5.74) is 0. The molecule has 1 aliphatic heterocycles. The van der Waals surface area contributed by atoms with Crippen LogP contribution in [0.1, 0.15) is 33.6 Å². The molecule has 3 unspecified atom stereocenters. The predicted octanol–water partition coefficient (Wildman–Crippen LogP) is 1.26. The van der Waals surface area contributed by atoms with Gasteiger partial charge in [-0.3, -0.25) is 4.79 Å². The van der Waals surface area contributed by atoms with Crippen molar-refractivity contribution in [2.24, 2.45) is 5.92 Å². The molecular formula is C13H26N2O2. The Kier molecular flexibility index (Phi) is 5.40. The highest BCUT2D eigenvalue weighted by molar-refractivity contribution is 5.80. The monoisotopic (exact) mass is 242 g/mol. The van der Waals surface area contributed by atoms with Crippen LogP contribution >= 0.6 is 0 Å². The fourth-order valence-corrected chi connectivity index (χ4v) is 2.26. The Morgan fingerprint density at radius 3 is 2.53 bits per heavy atom. The van der Waals surface area contributed by atoms with E-state index in [-0.39, 0.29) is 11.9 Å². The van der Waals surface area contributed by atoms with E-state index in [9.17, 15) is 4.79 Å². The molecule has 0 aliphatic carbocycles. The van der Waals surface area contributed by atoms with E-state index in [1.54, 1.807) is 19.0 Å². The van der Waals surface area contributed by atoms with E-state index >= 15 is 0 Å². The zero-order valence-electron chi connectivity index (χ0n) is 11.7. The van der Waals surface area contributed by atoms with Crippen molar-refractivity contribution in [3.63, 3.8) is 0 Å². The molecule has 0 aromatic rings. The van der Waals surface area contributed by atoms with Crippen molar-refractivity contribution in [2.75, 3.05) is 20.7 Å². The Hall–Kier alpha value is -0.610. The molecule has 100 valence electrons. The topological polar surface area (TPSA) is 41.6 Å². The highest BCUT2D eigenvalue weighted by Crippen LogP contribution is 2.20. The van der Waals surface area contributed by atoms with Crippen LogP contribution in [0.2, 0.25) is 0 Å². The molecule has 0 spiro atoms. The molecular weight excluding hydrogens is 216 g/mol. The van der Waals surface area contributed by atoms with Gasteiger partial charge in [-0.1, -0.05) is 13.8 Å². The molecule has 1 aliphatic rings. The van der Waals surface area contributed by atoms with E-state index < -0.39 is 0 Å². The third kappa shape index (κ3) is 4.28. The van der Waals surface area contributed by atoms with Gasteiger partial charge in [-0.15, -0.1) is 0 Å². The number of hydrogen-bond donors (Lipinski definition) is 1. The van der Waals surface area contributed by atoms with Crippen molar-refractivity contribution in [2.45, 2.75) is 51.8 Å². The number of nitrogens with one attached hydrogen (secondary N) is 1. The summed E-state index contributed by atoms with van der Waals surface area (Å²) in [5, 5.41) is 3.41. The van der Waals surface area contributed by atoms with Gasteiger partial charge in [-0.2, -0.15) is 0 Å². The molecule has 4 nitrogen and oxygen atoms in total. The molecule has 0 aromatic carbocycles. The highest BCUT2D eigenvalue weighted by atomic mass is 16.5. The second-order valence-electron chi connectivity index (χ2n) is 5.50. The van der Waals surface area contributed by atoms with Crippen LogP contribution in [0, 0.1) is 5.92 Å².